The summed E-state index contributed by atoms with van der Waals surface area (Å²) >= 11 is 1.73. The highest BCUT2D eigenvalue weighted by Crippen LogP contribution is 2.25. The summed E-state index contributed by atoms with van der Waals surface area (Å²) < 4.78 is 0. The molecule has 0 aliphatic heterocycles. The molecule has 0 saturated heterocycles. The zero-order chi connectivity index (χ0) is 14.9. The van der Waals surface area contributed by atoms with Crippen LogP contribution < -0.4 is 5.32 Å². The molecule has 1 aromatic carbocycles. The maximum absolute atomic E-state index is 4.68. The van der Waals surface area contributed by atoms with Gasteiger partial charge in [-0.1, -0.05) is 32.9 Å². The molecule has 0 aliphatic carbocycles. The second-order valence-corrected chi connectivity index (χ2v) is 7.06. The molecule has 0 saturated carbocycles. The number of aromatic amines is 1. The number of hydrogen-bond acceptors (Lipinski definition) is 4. The Morgan fingerprint density at radius 2 is 1.95 bits per heavy atom. The van der Waals surface area contributed by atoms with Crippen LogP contribution in [-0.4, -0.2) is 15.0 Å². The second kappa shape index (κ2) is 5.58. The van der Waals surface area contributed by atoms with Crippen molar-refractivity contribution in [3.8, 4) is 0 Å². The van der Waals surface area contributed by atoms with Gasteiger partial charge in [-0.05, 0) is 12.1 Å². The molecule has 4 nitrogen and oxygen atoms in total. The summed E-state index contributed by atoms with van der Waals surface area (Å²) in [6, 6.07) is 8.08. The quantitative estimate of drug-likeness (QED) is 0.774. The van der Waals surface area contributed by atoms with E-state index in [2.05, 4.69) is 46.4 Å². The van der Waals surface area contributed by atoms with E-state index in [1.807, 2.05) is 24.3 Å². The maximum atomic E-state index is 4.68. The fraction of sp³-hybridized carbons (Fsp3) is 0.375. The molecular formula is C16H20N4S. The van der Waals surface area contributed by atoms with Crippen LogP contribution in [0.25, 0.3) is 11.0 Å². The molecule has 3 aromatic rings. The molecule has 0 radical (unpaired) electrons. The minimum absolute atomic E-state index is 0.127. The molecule has 0 atom stereocenters. The van der Waals surface area contributed by atoms with Crippen LogP contribution in [0.5, 0.6) is 0 Å². The Balaban J connectivity index is 1.59. The van der Waals surface area contributed by atoms with E-state index in [9.17, 15) is 0 Å². The number of benzene rings is 1. The van der Waals surface area contributed by atoms with Gasteiger partial charge < -0.3 is 10.3 Å². The lowest BCUT2D eigenvalue weighted by Crippen LogP contribution is -2.15. The topological polar surface area (TPSA) is 53.6 Å². The predicted octanol–water partition coefficient (Wildman–Crippen LogP) is 3.61. The van der Waals surface area contributed by atoms with Crippen LogP contribution >= 0.6 is 11.3 Å². The minimum Gasteiger partial charge on any atom is -0.341 e. The third-order valence-electron chi connectivity index (χ3n) is 3.23. The molecule has 3 rings (SSSR count). The summed E-state index contributed by atoms with van der Waals surface area (Å²) in [6.45, 7) is 8.06. The van der Waals surface area contributed by atoms with Crippen LogP contribution in [0, 0.1) is 0 Å². The Hall–Kier alpha value is -1.72. The summed E-state index contributed by atoms with van der Waals surface area (Å²) in [5.74, 6) is 0.961. The van der Waals surface area contributed by atoms with Crippen LogP contribution in [0.4, 0.5) is 0 Å². The third-order valence-corrected chi connectivity index (χ3v) is 4.55. The Bertz CT molecular complexity index is 703. The fourth-order valence-electron chi connectivity index (χ4n) is 2.13. The largest absolute Gasteiger partial charge is 0.341 e. The normalized spacial score (nSPS) is 12.1. The molecule has 110 valence electrons. The van der Waals surface area contributed by atoms with Gasteiger partial charge in [0.05, 0.1) is 28.3 Å². The highest BCUT2D eigenvalue weighted by atomic mass is 32.1. The lowest BCUT2D eigenvalue weighted by atomic mass is 9.98. The Morgan fingerprint density at radius 3 is 2.67 bits per heavy atom. The van der Waals surface area contributed by atoms with Gasteiger partial charge in [0, 0.05) is 17.3 Å². The number of hydrogen-bond donors (Lipinski definition) is 2. The highest BCUT2D eigenvalue weighted by Gasteiger charge is 2.17. The number of imidazole rings is 1. The number of nitrogens with one attached hydrogen (secondary N) is 2. The lowest BCUT2D eigenvalue weighted by molar-refractivity contribution is 0.578. The maximum Gasteiger partial charge on any atom is 0.121 e. The van der Waals surface area contributed by atoms with Gasteiger partial charge in [-0.15, -0.1) is 11.3 Å². The second-order valence-electron chi connectivity index (χ2n) is 6.20. The number of H-pyrrole nitrogens is 1. The number of aromatic nitrogens is 3. The molecule has 5 heteroatoms. The Morgan fingerprint density at radius 1 is 1.14 bits per heavy atom. The lowest BCUT2D eigenvalue weighted by Gasteiger charge is -2.13. The third kappa shape index (κ3) is 3.31. The Kier molecular flexibility index (Phi) is 3.78. The van der Waals surface area contributed by atoms with E-state index < -0.39 is 0 Å². The van der Waals surface area contributed by atoms with Crippen molar-refractivity contribution < 1.29 is 0 Å². The van der Waals surface area contributed by atoms with Crippen molar-refractivity contribution in [2.75, 3.05) is 0 Å². The summed E-state index contributed by atoms with van der Waals surface area (Å²) in [4.78, 5) is 12.6. The zero-order valence-corrected chi connectivity index (χ0v) is 13.4. The van der Waals surface area contributed by atoms with Crippen molar-refractivity contribution >= 4 is 22.4 Å². The van der Waals surface area contributed by atoms with Gasteiger partial charge in [0.1, 0.15) is 5.82 Å². The summed E-state index contributed by atoms with van der Waals surface area (Å²) in [5.41, 5.74) is 3.32. The van der Waals surface area contributed by atoms with E-state index >= 15 is 0 Å². The smallest absolute Gasteiger partial charge is 0.121 e. The van der Waals surface area contributed by atoms with E-state index in [1.165, 1.54) is 5.01 Å². The zero-order valence-electron chi connectivity index (χ0n) is 12.6. The minimum atomic E-state index is 0.127. The summed E-state index contributed by atoms with van der Waals surface area (Å²) in [7, 11) is 0. The first kappa shape index (κ1) is 14.2. The van der Waals surface area contributed by atoms with Crippen LogP contribution in [0.2, 0.25) is 0 Å². The molecule has 0 bridgehead atoms. The first-order valence-electron chi connectivity index (χ1n) is 7.11. The molecule has 0 aliphatic rings. The van der Waals surface area contributed by atoms with Gasteiger partial charge in [0.15, 0.2) is 0 Å². The molecule has 21 heavy (non-hydrogen) atoms. The molecule has 2 aromatic heterocycles. The van der Waals surface area contributed by atoms with Crippen molar-refractivity contribution in [3.63, 3.8) is 0 Å². The number of nitrogens with zero attached hydrogens (tertiary/aromatic N) is 2. The van der Waals surface area contributed by atoms with Gasteiger partial charge in [0.2, 0.25) is 0 Å². The predicted molar refractivity (Wildman–Crippen MR) is 87.5 cm³/mol. The van der Waals surface area contributed by atoms with E-state index in [0.717, 1.165) is 35.6 Å². The fourth-order valence-corrected chi connectivity index (χ4v) is 3.04. The van der Waals surface area contributed by atoms with Crippen LogP contribution in [0.15, 0.2) is 29.6 Å². The molecule has 2 N–H and O–H groups in total. The number of para-hydroxylation sites is 2. The SMILES string of the molecule is CC(C)(C)c1nc(CNCc2nc3ccccc3[nH]2)cs1. The van der Waals surface area contributed by atoms with Crippen molar-refractivity contribution in [2.45, 2.75) is 39.3 Å². The van der Waals surface area contributed by atoms with Crippen molar-refractivity contribution in [2.24, 2.45) is 0 Å². The highest BCUT2D eigenvalue weighted by molar-refractivity contribution is 7.09. The van der Waals surface area contributed by atoms with Gasteiger partial charge in [-0.25, -0.2) is 9.97 Å². The molecule has 0 spiro atoms. The van der Waals surface area contributed by atoms with E-state index in [0.29, 0.717) is 0 Å². The molecule has 2 heterocycles. The summed E-state index contributed by atoms with van der Waals surface area (Å²) in [6.07, 6.45) is 0. The standard InChI is InChI=1S/C16H20N4S/c1-16(2,3)15-18-11(10-21-15)8-17-9-14-19-12-6-4-5-7-13(12)20-14/h4-7,10,17H,8-9H2,1-3H3,(H,19,20). The van der Waals surface area contributed by atoms with Crippen LogP contribution in [0.3, 0.4) is 0 Å². The van der Waals surface area contributed by atoms with Gasteiger partial charge in [0.25, 0.3) is 0 Å². The first-order valence-corrected chi connectivity index (χ1v) is 7.99. The average molecular weight is 300 g/mol. The Labute approximate surface area is 128 Å². The van der Waals surface area contributed by atoms with E-state index in [-0.39, 0.29) is 5.41 Å². The van der Waals surface area contributed by atoms with Crippen LogP contribution in [-0.2, 0) is 18.5 Å². The average Bonchev–Trinajstić information content (AvgIpc) is 3.03. The molecular weight excluding hydrogens is 280 g/mol. The van der Waals surface area contributed by atoms with Crippen LogP contribution in [0.1, 0.15) is 37.3 Å². The van der Waals surface area contributed by atoms with Crippen molar-refractivity contribution in [1.82, 2.24) is 20.3 Å². The van der Waals surface area contributed by atoms with Gasteiger partial charge in [-0.3, -0.25) is 0 Å². The molecule has 0 unspecified atom stereocenters. The van der Waals surface area contributed by atoms with E-state index in [4.69, 9.17) is 0 Å². The molecule has 0 amide bonds. The van der Waals surface area contributed by atoms with Gasteiger partial charge in [-0.2, -0.15) is 0 Å². The monoisotopic (exact) mass is 300 g/mol. The van der Waals surface area contributed by atoms with Crippen molar-refractivity contribution in [1.29, 1.82) is 0 Å². The van der Waals surface area contributed by atoms with Gasteiger partial charge >= 0.3 is 0 Å². The summed E-state index contributed by atoms with van der Waals surface area (Å²) in [5, 5.41) is 6.71. The number of thiazole rings is 1. The number of rotatable bonds is 4. The van der Waals surface area contributed by atoms with Crippen molar-refractivity contribution in [3.05, 3.63) is 46.2 Å². The first-order chi connectivity index (χ1) is 10.0. The molecule has 0 fully saturated rings. The number of fused-ring (bicyclic) bond motifs is 1. The van der Waals surface area contributed by atoms with E-state index in [1.54, 1.807) is 11.3 Å².